The Kier molecular flexibility index (Phi) is 6.64. The number of rotatable bonds is 7. The van der Waals surface area contributed by atoms with E-state index in [0.29, 0.717) is 24.8 Å². The van der Waals surface area contributed by atoms with Crippen molar-refractivity contribution < 1.29 is 9.84 Å². The molecule has 1 aliphatic heterocycles. The second-order valence-electron chi connectivity index (χ2n) is 6.27. The summed E-state index contributed by atoms with van der Waals surface area (Å²) in [6.07, 6.45) is 1.34. The zero-order chi connectivity index (χ0) is 17.5. The Labute approximate surface area is 153 Å². The lowest BCUT2D eigenvalue weighted by atomic mass is 10.2. The average molecular weight is 362 g/mol. The van der Waals surface area contributed by atoms with Crippen LogP contribution in [-0.2, 0) is 11.3 Å². The van der Waals surface area contributed by atoms with E-state index in [-0.39, 0.29) is 0 Å². The van der Waals surface area contributed by atoms with Crippen LogP contribution in [0.2, 0.25) is 5.02 Å². The number of halogens is 1. The van der Waals surface area contributed by atoms with Crippen molar-refractivity contribution in [2.75, 3.05) is 44.2 Å². The van der Waals surface area contributed by atoms with Gasteiger partial charge in [-0.3, -0.25) is 4.90 Å². The third kappa shape index (κ3) is 5.68. The van der Waals surface area contributed by atoms with Crippen molar-refractivity contribution >= 4 is 17.4 Å². The summed E-state index contributed by atoms with van der Waals surface area (Å²) >= 11 is 5.86. The third-order valence-electron chi connectivity index (χ3n) is 4.31. The van der Waals surface area contributed by atoms with Crippen molar-refractivity contribution in [2.24, 2.45) is 0 Å². The molecule has 2 heterocycles. The molecule has 1 aromatic heterocycles. The van der Waals surface area contributed by atoms with Gasteiger partial charge in [0.15, 0.2) is 0 Å². The molecule has 1 aromatic carbocycles. The highest BCUT2D eigenvalue weighted by Crippen LogP contribution is 2.13. The molecule has 0 saturated carbocycles. The van der Waals surface area contributed by atoms with Crippen LogP contribution in [0.25, 0.3) is 0 Å². The monoisotopic (exact) mass is 361 g/mol. The van der Waals surface area contributed by atoms with Crippen molar-refractivity contribution in [3.05, 3.63) is 59.2 Å². The molecular weight excluding hydrogens is 338 g/mol. The lowest BCUT2D eigenvalue weighted by Crippen LogP contribution is -2.49. The summed E-state index contributed by atoms with van der Waals surface area (Å²) in [5.74, 6) is 1.02. The smallest absolute Gasteiger partial charge is 0.128 e. The van der Waals surface area contributed by atoms with Gasteiger partial charge in [0.1, 0.15) is 5.82 Å². The van der Waals surface area contributed by atoms with Gasteiger partial charge in [0.2, 0.25) is 0 Å². The second-order valence-corrected chi connectivity index (χ2v) is 6.71. The number of nitrogens with zero attached hydrogens (tertiary/aromatic N) is 3. The summed E-state index contributed by atoms with van der Waals surface area (Å²) in [5.41, 5.74) is 1.06. The summed E-state index contributed by atoms with van der Waals surface area (Å²) in [6, 6.07) is 13.5. The second kappa shape index (κ2) is 9.15. The number of hydrogen-bond acceptors (Lipinski definition) is 5. The average Bonchev–Trinajstić information content (AvgIpc) is 2.65. The van der Waals surface area contributed by atoms with Crippen molar-refractivity contribution in [3.8, 4) is 0 Å². The van der Waals surface area contributed by atoms with Gasteiger partial charge in [-0.05, 0) is 29.8 Å². The number of aliphatic hydroxyl groups excluding tert-OH is 1. The Balaban J connectivity index is 1.35. The van der Waals surface area contributed by atoms with E-state index in [1.54, 1.807) is 0 Å². The molecule has 2 aromatic rings. The number of anilines is 1. The van der Waals surface area contributed by atoms with Crippen molar-refractivity contribution in [1.29, 1.82) is 0 Å². The number of aliphatic hydroxyl groups is 1. The van der Waals surface area contributed by atoms with Gasteiger partial charge < -0.3 is 14.7 Å². The normalized spacial score (nSPS) is 16.8. The van der Waals surface area contributed by atoms with E-state index in [1.165, 1.54) is 0 Å². The van der Waals surface area contributed by atoms with Crippen LogP contribution < -0.4 is 4.90 Å². The summed E-state index contributed by atoms with van der Waals surface area (Å²) in [4.78, 5) is 8.94. The molecule has 1 fully saturated rings. The molecule has 0 aliphatic carbocycles. The van der Waals surface area contributed by atoms with E-state index < -0.39 is 6.10 Å². The number of hydrogen-bond donors (Lipinski definition) is 1. The van der Waals surface area contributed by atoms with Crippen LogP contribution in [0.5, 0.6) is 0 Å². The van der Waals surface area contributed by atoms with Gasteiger partial charge in [-0.1, -0.05) is 29.8 Å². The minimum absolute atomic E-state index is 0.336. The van der Waals surface area contributed by atoms with Crippen LogP contribution in [0.4, 0.5) is 5.82 Å². The van der Waals surface area contributed by atoms with Gasteiger partial charge in [0, 0.05) is 43.9 Å². The molecule has 1 saturated heterocycles. The first-order chi connectivity index (χ1) is 12.2. The molecule has 0 unspecified atom stereocenters. The van der Waals surface area contributed by atoms with Gasteiger partial charge in [-0.15, -0.1) is 0 Å². The van der Waals surface area contributed by atoms with Crippen molar-refractivity contribution in [1.82, 2.24) is 9.88 Å². The number of ether oxygens (including phenoxy) is 1. The zero-order valence-electron chi connectivity index (χ0n) is 14.2. The van der Waals surface area contributed by atoms with Gasteiger partial charge in [0.05, 0.1) is 19.3 Å². The number of aromatic nitrogens is 1. The molecule has 25 heavy (non-hydrogen) atoms. The molecule has 0 spiro atoms. The zero-order valence-corrected chi connectivity index (χ0v) is 15.0. The molecule has 1 aliphatic rings. The molecule has 1 N–H and O–H groups in total. The lowest BCUT2D eigenvalue weighted by Gasteiger charge is -2.36. The van der Waals surface area contributed by atoms with Crippen LogP contribution in [0.3, 0.4) is 0 Å². The topological polar surface area (TPSA) is 48.8 Å². The Bertz CT molecular complexity index is 631. The molecule has 5 nitrogen and oxygen atoms in total. The Morgan fingerprint density at radius 1 is 1.08 bits per heavy atom. The summed E-state index contributed by atoms with van der Waals surface area (Å²) in [5, 5.41) is 10.9. The van der Waals surface area contributed by atoms with E-state index in [9.17, 15) is 5.11 Å². The predicted octanol–water partition coefficient (Wildman–Crippen LogP) is 2.43. The van der Waals surface area contributed by atoms with E-state index >= 15 is 0 Å². The molecule has 1 atom stereocenters. The van der Waals surface area contributed by atoms with Crippen LogP contribution in [0.15, 0.2) is 48.7 Å². The summed E-state index contributed by atoms with van der Waals surface area (Å²) in [7, 11) is 0. The highest BCUT2D eigenvalue weighted by Gasteiger charge is 2.20. The standard InChI is InChI=1S/C19H24ClN3O2/c20-17-6-4-16(5-7-17)14-25-15-18(24)13-22-9-11-23(12-10-22)19-3-1-2-8-21-19/h1-8,18,24H,9-15H2/t18-/m1/s1. The highest BCUT2D eigenvalue weighted by atomic mass is 35.5. The molecule has 0 amide bonds. The fourth-order valence-corrected chi connectivity index (χ4v) is 3.07. The molecule has 0 bridgehead atoms. The fourth-order valence-electron chi connectivity index (χ4n) is 2.94. The van der Waals surface area contributed by atoms with E-state index in [4.69, 9.17) is 16.3 Å². The Hall–Kier alpha value is -1.66. The quantitative estimate of drug-likeness (QED) is 0.820. The summed E-state index contributed by atoms with van der Waals surface area (Å²) < 4.78 is 5.61. The SMILES string of the molecule is O[C@@H](COCc1ccc(Cl)cc1)CN1CCN(c2ccccn2)CC1. The molecule has 6 heteroatoms. The first kappa shape index (κ1) is 18.1. The van der Waals surface area contributed by atoms with Gasteiger partial charge in [-0.25, -0.2) is 4.98 Å². The number of piperazine rings is 1. The van der Waals surface area contributed by atoms with Crippen molar-refractivity contribution in [2.45, 2.75) is 12.7 Å². The maximum atomic E-state index is 10.2. The largest absolute Gasteiger partial charge is 0.389 e. The van der Waals surface area contributed by atoms with E-state index in [2.05, 4.69) is 14.8 Å². The number of benzene rings is 1. The van der Waals surface area contributed by atoms with Crippen LogP contribution in [0.1, 0.15) is 5.56 Å². The first-order valence-corrected chi connectivity index (χ1v) is 8.97. The maximum Gasteiger partial charge on any atom is 0.128 e. The Morgan fingerprint density at radius 2 is 1.84 bits per heavy atom. The lowest BCUT2D eigenvalue weighted by molar-refractivity contribution is 0.00912. The molecular formula is C19H24ClN3O2. The van der Waals surface area contributed by atoms with Gasteiger partial charge in [0.25, 0.3) is 0 Å². The summed E-state index contributed by atoms with van der Waals surface area (Å²) in [6.45, 7) is 5.15. The van der Waals surface area contributed by atoms with Crippen molar-refractivity contribution in [3.63, 3.8) is 0 Å². The van der Waals surface area contributed by atoms with E-state index in [1.807, 2.05) is 48.7 Å². The van der Waals surface area contributed by atoms with Crippen LogP contribution in [-0.4, -0.2) is 60.4 Å². The molecule has 3 rings (SSSR count). The Morgan fingerprint density at radius 3 is 2.52 bits per heavy atom. The van der Waals surface area contributed by atoms with E-state index in [0.717, 1.165) is 37.6 Å². The predicted molar refractivity (Wildman–Crippen MR) is 100 cm³/mol. The minimum atomic E-state index is -0.478. The van der Waals surface area contributed by atoms with Crippen LogP contribution >= 0.6 is 11.6 Å². The minimum Gasteiger partial charge on any atom is -0.389 e. The van der Waals surface area contributed by atoms with Crippen LogP contribution in [0, 0.1) is 0 Å². The number of β-amino-alcohol motifs (C(OH)–C–C–N with tert-alkyl or cyclic N) is 1. The first-order valence-electron chi connectivity index (χ1n) is 8.59. The number of pyridine rings is 1. The van der Waals surface area contributed by atoms with Gasteiger partial charge >= 0.3 is 0 Å². The maximum absolute atomic E-state index is 10.2. The molecule has 0 radical (unpaired) electrons. The highest BCUT2D eigenvalue weighted by molar-refractivity contribution is 6.30. The fraction of sp³-hybridized carbons (Fsp3) is 0.421. The molecule has 134 valence electrons. The van der Waals surface area contributed by atoms with Gasteiger partial charge in [-0.2, -0.15) is 0 Å². The third-order valence-corrected chi connectivity index (χ3v) is 4.56.